The van der Waals surface area contributed by atoms with Crippen molar-refractivity contribution < 1.29 is 9.72 Å². The zero-order valence-corrected chi connectivity index (χ0v) is 11.8. The van der Waals surface area contributed by atoms with Crippen LogP contribution < -0.4 is 16.4 Å². The second kappa shape index (κ2) is 5.90. The average molecular weight is 294 g/mol. The lowest BCUT2D eigenvalue weighted by molar-refractivity contribution is -0.385. The first kappa shape index (κ1) is 14.9. The van der Waals surface area contributed by atoms with E-state index in [9.17, 15) is 14.9 Å². The molecule has 0 aliphatic carbocycles. The smallest absolute Gasteiger partial charge is 0.332 e. The van der Waals surface area contributed by atoms with E-state index in [1.165, 1.54) is 0 Å². The SMILES string of the molecule is Cc1nc(N)nc(N2CCC(CC(N)=O)CC2)c1[N+](=O)[O-]. The molecular formula is C12H18N6O3. The predicted octanol–water partition coefficient (Wildman–Crippen LogP) is 0.367. The molecular weight excluding hydrogens is 276 g/mol. The highest BCUT2D eigenvalue weighted by molar-refractivity contribution is 5.74. The molecule has 0 bridgehead atoms. The van der Waals surface area contributed by atoms with E-state index < -0.39 is 4.92 Å². The first-order valence-corrected chi connectivity index (χ1v) is 6.70. The van der Waals surface area contributed by atoms with E-state index in [0.717, 1.165) is 12.8 Å². The molecule has 1 aliphatic heterocycles. The van der Waals surface area contributed by atoms with Crippen LogP contribution in [0.3, 0.4) is 0 Å². The second-order valence-corrected chi connectivity index (χ2v) is 5.20. The van der Waals surface area contributed by atoms with Crippen LogP contribution in [-0.4, -0.2) is 33.9 Å². The zero-order valence-electron chi connectivity index (χ0n) is 11.8. The Morgan fingerprint density at radius 1 is 1.43 bits per heavy atom. The maximum atomic E-state index is 11.2. The van der Waals surface area contributed by atoms with Gasteiger partial charge in [0, 0.05) is 19.5 Å². The first-order chi connectivity index (χ1) is 9.88. The Morgan fingerprint density at radius 2 is 2.05 bits per heavy atom. The number of hydrogen-bond acceptors (Lipinski definition) is 7. The summed E-state index contributed by atoms with van der Waals surface area (Å²) in [6, 6.07) is 0. The van der Waals surface area contributed by atoms with E-state index in [2.05, 4.69) is 9.97 Å². The molecule has 1 aliphatic rings. The topological polar surface area (TPSA) is 141 Å². The van der Waals surface area contributed by atoms with Crippen molar-refractivity contribution in [3.05, 3.63) is 15.8 Å². The predicted molar refractivity (Wildman–Crippen MR) is 76.6 cm³/mol. The molecule has 0 saturated carbocycles. The van der Waals surface area contributed by atoms with Crippen LogP contribution in [-0.2, 0) is 4.79 Å². The summed E-state index contributed by atoms with van der Waals surface area (Å²) in [5, 5.41) is 11.2. The highest BCUT2D eigenvalue weighted by atomic mass is 16.6. The lowest BCUT2D eigenvalue weighted by Gasteiger charge is -2.32. The largest absolute Gasteiger partial charge is 0.370 e. The molecule has 1 aromatic heterocycles. The number of rotatable bonds is 4. The Labute approximate surface area is 121 Å². The zero-order chi connectivity index (χ0) is 15.6. The normalized spacial score (nSPS) is 16.0. The lowest BCUT2D eigenvalue weighted by Crippen LogP contribution is -2.36. The summed E-state index contributed by atoms with van der Waals surface area (Å²) >= 11 is 0. The molecule has 2 rings (SSSR count). The standard InChI is InChI=1S/C12H18N6O3/c1-7-10(18(20)21)11(16-12(14)15-7)17-4-2-8(3-5-17)6-9(13)19/h8H,2-6H2,1H3,(H2,13,19)(H2,14,15,16). The molecule has 0 unspecified atom stereocenters. The third-order valence-corrected chi connectivity index (χ3v) is 3.64. The highest BCUT2D eigenvalue weighted by Gasteiger charge is 2.29. The van der Waals surface area contributed by atoms with E-state index in [1.807, 2.05) is 4.90 Å². The molecule has 1 fully saturated rings. The van der Waals surface area contributed by atoms with Crippen LogP contribution in [0.25, 0.3) is 0 Å². The van der Waals surface area contributed by atoms with Gasteiger partial charge in [0.2, 0.25) is 17.7 Å². The third-order valence-electron chi connectivity index (χ3n) is 3.64. The Hall–Kier alpha value is -2.45. The van der Waals surface area contributed by atoms with Crippen molar-refractivity contribution in [3.8, 4) is 0 Å². The number of aryl methyl sites for hydroxylation is 1. The maximum absolute atomic E-state index is 11.2. The fourth-order valence-corrected chi connectivity index (χ4v) is 2.64. The molecule has 9 heteroatoms. The molecule has 21 heavy (non-hydrogen) atoms. The van der Waals surface area contributed by atoms with Crippen molar-refractivity contribution in [2.24, 2.45) is 11.7 Å². The number of nitrogens with two attached hydrogens (primary N) is 2. The average Bonchev–Trinajstić information content (AvgIpc) is 2.37. The molecule has 0 atom stereocenters. The van der Waals surface area contributed by atoms with Gasteiger partial charge in [0.1, 0.15) is 5.69 Å². The van der Waals surface area contributed by atoms with Crippen LogP contribution in [0.5, 0.6) is 0 Å². The summed E-state index contributed by atoms with van der Waals surface area (Å²) in [6.07, 6.45) is 1.83. The summed E-state index contributed by atoms with van der Waals surface area (Å²) in [7, 11) is 0. The van der Waals surface area contributed by atoms with Crippen molar-refractivity contribution in [1.29, 1.82) is 0 Å². The van der Waals surface area contributed by atoms with Gasteiger partial charge < -0.3 is 16.4 Å². The van der Waals surface area contributed by atoms with E-state index in [4.69, 9.17) is 11.5 Å². The van der Waals surface area contributed by atoms with Gasteiger partial charge in [-0.2, -0.15) is 4.98 Å². The number of carbonyl (C=O) groups excluding carboxylic acids is 1. The monoisotopic (exact) mass is 294 g/mol. The van der Waals surface area contributed by atoms with Gasteiger partial charge in [-0.05, 0) is 25.7 Å². The maximum Gasteiger partial charge on any atom is 0.332 e. The van der Waals surface area contributed by atoms with E-state index in [-0.39, 0.29) is 35.0 Å². The second-order valence-electron chi connectivity index (χ2n) is 5.20. The molecule has 0 spiro atoms. The molecule has 2 heterocycles. The van der Waals surface area contributed by atoms with Crippen molar-refractivity contribution in [2.75, 3.05) is 23.7 Å². The summed E-state index contributed by atoms with van der Waals surface area (Å²) in [4.78, 5) is 31.3. The quantitative estimate of drug-likeness (QED) is 0.603. The van der Waals surface area contributed by atoms with Gasteiger partial charge in [-0.1, -0.05) is 0 Å². The minimum absolute atomic E-state index is 0.0207. The molecule has 1 aromatic rings. The van der Waals surface area contributed by atoms with Crippen LogP contribution in [0, 0.1) is 23.0 Å². The van der Waals surface area contributed by atoms with Crippen molar-refractivity contribution in [3.63, 3.8) is 0 Å². The number of primary amides is 1. The van der Waals surface area contributed by atoms with Crippen LogP contribution in [0.4, 0.5) is 17.5 Å². The molecule has 1 saturated heterocycles. The number of anilines is 2. The molecule has 4 N–H and O–H groups in total. The Balaban J connectivity index is 2.20. The summed E-state index contributed by atoms with van der Waals surface area (Å²) in [5.41, 5.74) is 10.9. The minimum atomic E-state index is -0.487. The first-order valence-electron chi connectivity index (χ1n) is 6.70. The summed E-state index contributed by atoms with van der Waals surface area (Å²) < 4.78 is 0. The fraction of sp³-hybridized carbons (Fsp3) is 0.583. The van der Waals surface area contributed by atoms with Gasteiger partial charge in [-0.25, -0.2) is 4.98 Å². The van der Waals surface area contributed by atoms with E-state index in [1.54, 1.807) is 6.92 Å². The van der Waals surface area contributed by atoms with Gasteiger partial charge >= 0.3 is 5.69 Å². The fourth-order valence-electron chi connectivity index (χ4n) is 2.64. The minimum Gasteiger partial charge on any atom is -0.370 e. The number of piperidine rings is 1. The molecule has 0 radical (unpaired) electrons. The number of nitrogens with zero attached hydrogens (tertiary/aromatic N) is 4. The Bertz CT molecular complexity index is 568. The van der Waals surface area contributed by atoms with Crippen LogP contribution in [0.15, 0.2) is 0 Å². The lowest BCUT2D eigenvalue weighted by atomic mass is 9.93. The summed E-state index contributed by atoms with van der Waals surface area (Å²) in [5.74, 6) is 0.175. The van der Waals surface area contributed by atoms with Gasteiger partial charge in [0.15, 0.2) is 0 Å². The van der Waals surface area contributed by atoms with E-state index in [0.29, 0.717) is 19.5 Å². The molecule has 114 valence electrons. The Morgan fingerprint density at radius 3 is 2.57 bits per heavy atom. The molecule has 9 nitrogen and oxygen atoms in total. The number of amides is 1. The molecule has 1 amide bonds. The van der Waals surface area contributed by atoms with Gasteiger partial charge in [-0.3, -0.25) is 14.9 Å². The van der Waals surface area contributed by atoms with Gasteiger partial charge in [0.05, 0.1) is 4.92 Å². The number of nitro groups is 1. The Kier molecular flexibility index (Phi) is 4.20. The van der Waals surface area contributed by atoms with E-state index >= 15 is 0 Å². The van der Waals surface area contributed by atoms with Gasteiger partial charge in [0.25, 0.3) is 0 Å². The van der Waals surface area contributed by atoms with Crippen LogP contribution >= 0.6 is 0 Å². The van der Waals surface area contributed by atoms with Crippen LogP contribution in [0.2, 0.25) is 0 Å². The van der Waals surface area contributed by atoms with Crippen molar-refractivity contribution in [2.45, 2.75) is 26.2 Å². The number of carbonyl (C=O) groups is 1. The van der Waals surface area contributed by atoms with Crippen molar-refractivity contribution >= 4 is 23.4 Å². The third kappa shape index (κ3) is 3.36. The van der Waals surface area contributed by atoms with Gasteiger partial charge in [-0.15, -0.1) is 0 Å². The van der Waals surface area contributed by atoms with Crippen LogP contribution in [0.1, 0.15) is 25.0 Å². The summed E-state index contributed by atoms with van der Waals surface area (Å²) in [6.45, 7) is 2.70. The highest BCUT2D eigenvalue weighted by Crippen LogP contribution is 2.32. The number of hydrogen-bond donors (Lipinski definition) is 2. The molecule has 0 aromatic carbocycles. The number of nitrogen functional groups attached to an aromatic ring is 1. The van der Waals surface area contributed by atoms with Crippen molar-refractivity contribution in [1.82, 2.24) is 9.97 Å². The number of aromatic nitrogens is 2.